The second kappa shape index (κ2) is 4.09. The van der Waals surface area contributed by atoms with Gasteiger partial charge in [0.1, 0.15) is 6.10 Å². The molecule has 1 amide bonds. The Morgan fingerprint density at radius 3 is 2.54 bits per heavy atom. The highest BCUT2D eigenvalue weighted by molar-refractivity contribution is 5.81. The van der Waals surface area contributed by atoms with Gasteiger partial charge in [-0.3, -0.25) is 4.79 Å². The fourth-order valence-corrected chi connectivity index (χ4v) is 2.09. The molecule has 2 aliphatic heterocycles. The SMILES string of the molecule is O=C([C@@H]1CCCO1)N1CCCCC1. The van der Waals surface area contributed by atoms with E-state index < -0.39 is 0 Å². The maximum atomic E-state index is 11.8. The van der Waals surface area contributed by atoms with Gasteiger partial charge in [-0.1, -0.05) is 0 Å². The molecule has 3 heteroatoms. The van der Waals surface area contributed by atoms with E-state index in [0.29, 0.717) is 0 Å². The van der Waals surface area contributed by atoms with Gasteiger partial charge >= 0.3 is 0 Å². The topological polar surface area (TPSA) is 29.5 Å². The van der Waals surface area contributed by atoms with Crippen molar-refractivity contribution in [3.8, 4) is 0 Å². The van der Waals surface area contributed by atoms with Crippen LogP contribution in [0.4, 0.5) is 0 Å². The van der Waals surface area contributed by atoms with Crippen LogP contribution < -0.4 is 0 Å². The minimum absolute atomic E-state index is 0.113. The van der Waals surface area contributed by atoms with Crippen LogP contribution in [0.1, 0.15) is 32.1 Å². The monoisotopic (exact) mass is 183 g/mol. The number of amides is 1. The highest BCUT2D eigenvalue weighted by Crippen LogP contribution is 2.17. The second-order valence-corrected chi connectivity index (χ2v) is 3.89. The van der Waals surface area contributed by atoms with Crippen LogP contribution in [0.2, 0.25) is 0 Å². The molecule has 0 saturated carbocycles. The molecule has 2 rings (SSSR count). The number of carbonyl (C=O) groups is 1. The van der Waals surface area contributed by atoms with Crippen molar-refractivity contribution in [2.75, 3.05) is 19.7 Å². The Morgan fingerprint density at radius 2 is 1.92 bits per heavy atom. The summed E-state index contributed by atoms with van der Waals surface area (Å²) >= 11 is 0. The number of nitrogens with zero attached hydrogens (tertiary/aromatic N) is 1. The van der Waals surface area contributed by atoms with Crippen molar-refractivity contribution >= 4 is 5.91 Å². The molecule has 0 aromatic carbocycles. The highest BCUT2D eigenvalue weighted by Gasteiger charge is 2.28. The Bertz CT molecular complexity index is 181. The van der Waals surface area contributed by atoms with Gasteiger partial charge in [-0.15, -0.1) is 0 Å². The van der Waals surface area contributed by atoms with Gasteiger partial charge in [0.25, 0.3) is 5.91 Å². The van der Waals surface area contributed by atoms with Crippen molar-refractivity contribution < 1.29 is 9.53 Å². The van der Waals surface area contributed by atoms with E-state index in [9.17, 15) is 4.79 Å². The van der Waals surface area contributed by atoms with Gasteiger partial charge in [-0.25, -0.2) is 0 Å². The number of piperidine rings is 1. The number of rotatable bonds is 1. The fraction of sp³-hybridized carbons (Fsp3) is 0.900. The van der Waals surface area contributed by atoms with E-state index in [4.69, 9.17) is 4.74 Å². The van der Waals surface area contributed by atoms with Gasteiger partial charge in [0.2, 0.25) is 0 Å². The van der Waals surface area contributed by atoms with Gasteiger partial charge in [0.05, 0.1) is 0 Å². The third kappa shape index (κ3) is 2.02. The summed E-state index contributed by atoms with van der Waals surface area (Å²) in [6.45, 7) is 2.65. The zero-order valence-corrected chi connectivity index (χ0v) is 8.00. The molecule has 0 spiro atoms. The minimum Gasteiger partial charge on any atom is -0.368 e. The van der Waals surface area contributed by atoms with E-state index in [0.717, 1.165) is 32.5 Å². The summed E-state index contributed by atoms with van der Waals surface area (Å²) in [7, 11) is 0. The summed E-state index contributed by atoms with van der Waals surface area (Å²) in [5.41, 5.74) is 0. The van der Waals surface area contributed by atoms with Crippen LogP contribution in [-0.2, 0) is 9.53 Å². The predicted octanol–water partition coefficient (Wildman–Crippen LogP) is 1.18. The van der Waals surface area contributed by atoms with Crippen molar-refractivity contribution in [2.45, 2.75) is 38.2 Å². The van der Waals surface area contributed by atoms with Gasteiger partial charge in [0, 0.05) is 19.7 Å². The first kappa shape index (κ1) is 9.00. The molecule has 74 valence electrons. The van der Waals surface area contributed by atoms with E-state index in [-0.39, 0.29) is 12.0 Å². The number of likely N-dealkylation sites (tertiary alicyclic amines) is 1. The summed E-state index contributed by atoms with van der Waals surface area (Å²) in [6.07, 6.45) is 5.46. The number of hydrogen-bond acceptors (Lipinski definition) is 2. The molecular formula is C10H17NO2. The number of hydrogen-bond donors (Lipinski definition) is 0. The Balaban J connectivity index is 1.87. The van der Waals surface area contributed by atoms with E-state index >= 15 is 0 Å². The molecule has 2 heterocycles. The molecule has 2 saturated heterocycles. The average molecular weight is 183 g/mol. The Labute approximate surface area is 79.0 Å². The first-order chi connectivity index (χ1) is 6.38. The van der Waals surface area contributed by atoms with Crippen LogP contribution in [0.15, 0.2) is 0 Å². The van der Waals surface area contributed by atoms with Crippen LogP contribution in [0.5, 0.6) is 0 Å². The van der Waals surface area contributed by atoms with Crippen LogP contribution in [-0.4, -0.2) is 36.6 Å². The van der Waals surface area contributed by atoms with Crippen molar-refractivity contribution in [1.29, 1.82) is 0 Å². The molecule has 0 aliphatic carbocycles. The molecule has 2 fully saturated rings. The first-order valence-electron chi connectivity index (χ1n) is 5.28. The minimum atomic E-state index is -0.113. The maximum absolute atomic E-state index is 11.8. The van der Waals surface area contributed by atoms with Crippen molar-refractivity contribution in [2.24, 2.45) is 0 Å². The largest absolute Gasteiger partial charge is 0.368 e. The Morgan fingerprint density at radius 1 is 1.15 bits per heavy atom. The second-order valence-electron chi connectivity index (χ2n) is 3.89. The molecule has 0 aromatic rings. The van der Waals surface area contributed by atoms with Crippen molar-refractivity contribution in [1.82, 2.24) is 4.90 Å². The summed E-state index contributed by atoms with van der Waals surface area (Å²) < 4.78 is 5.38. The molecule has 1 atom stereocenters. The van der Waals surface area contributed by atoms with E-state index in [1.165, 1.54) is 19.3 Å². The van der Waals surface area contributed by atoms with Crippen LogP contribution in [0.25, 0.3) is 0 Å². The normalized spacial score (nSPS) is 29.2. The van der Waals surface area contributed by atoms with Crippen molar-refractivity contribution in [3.63, 3.8) is 0 Å². The van der Waals surface area contributed by atoms with Crippen LogP contribution >= 0.6 is 0 Å². The lowest BCUT2D eigenvalue weighted by Crippen LogP contribution is -2.41. The zero-order chi connectivity index (χ0) is 9.10. The van der Waals surface area contributed by atoms with E-state index in [1.807, 2.05) is 4.90 Å². The number of ether oxygens (including phenoxy) is 1. The standard InChI is InChI=1S/C10H17NO2/c12-10(9-5-4-8-13-9)11-6-2-1-3-7-11/h9H,1-8H2/t9-/m0/s1. The lowest BCUT2D eigenvalue weighted by Gasteiger charge is -2.28. The smallest absolute Gasteiger partial charge is 0.251 e. The lowest BCUT2D eigenvalue weighted by molar-refractivity contribution is -0.141. The molecular weight excluding hydrogens is 166 g/mol. The Hall–Kier alpha value is -0.570. The fourth-order valence-electron chi connectivity index (χ4n) is 2.09. The molecule has 0 unspecified atom stereocenters. The molecule has 0 bridgehead atoms. The molecule has 0 N–H and O–H groups in total. The zero-order valence-electron chi connectivity index (χ0n) is 8.00. The molecule has 13 heavy (non-hydrogen) atoms. The molecule has 0 radical (unpaired) electrons. The quantitative estimate of drug-likeness (QED) is 0.611. The molecule has 0 aromatic heterocycles. The van der Waals surface area contributed by atoms with Gasteiger partial charge in [0.15, 0.2) is 0 Å². The summed E-state index contributed by atoms with van der Waals surface area (Å²) in [4.78, 5) is 13.8. The Kier molecular flexibility index (Phi) is 2.83. The van der Waals surface area contributed by atoms with Gasteiger partial charge in [-0.2, -0.15) is 0 Å². The lowest BCUT2D eigenvalue weighted by atomic mass is 10.1. The summed E-state index contributed by atoms with van der Waals surface area (Å²) in [5, 5.41) is 0. The maximum Gasteiger partial charge on any atom is 0.251 e. The first-order valence-corrected chi connectivity index (χ1v) is 5.28. The van der Waals surface area contributed by atoms with E-state index in [1.54, 1.807) is 0 Å². The van der Waals surface area contributed by atoms with Gasteiger partial charge in [-0.05, 0) is 32.1 Å². The van der Waals surface area contributed by atoms with Gasteiger partial charge < -0.3 is 9.64 Å². The predicted molar refractivity (Wildman–Crippen MR) is 49.4 cm³/mol. The average Bonchev–Trinajstić information content (AvgIpc) is 2.71. The van der Waals surface area contributed by atoms with Crippen LogP contribution in [0.3, 0.4) is 0 Å². The number of carbonyl (C=O) groups excluding carboxylic acids is 1. The summed E-state index contributed by atoms with van der Waals surface area (Å²) in [5.74, 6) is 0.234. The third-order valence-electron chi connectivity index (χ3n) is 2.87. The summed E-state index contributed by atoms with van der Waals surface area (Å²) in [6, 6.07) is 0. The van der Waals surface area contributed by atoms with Crippen molar-refractivity contribution in [3.05, 3.63) is 0 Å². The van der Waals surface area contributed by atoms with E-state index in [2.05, 4.69) is 0 Å². The molecule has 2 aliphatic rings. The van der Waals surface area contributed by atoms with Crippen LogP contribution in [0, 0.1) is 0 Å². The highest BCUT2D eigenvalue weighted by atomic mass is 16.5. The third-order valence-corrected chi connectivity index (χ3v) is 2.87. The molecule has 3 nitrogen and oxygen atoms in total.